The third-order valence-corrected chi connectivity index (χ3v) is 4.30. The van der Waals surface area contributed by atoms with Crippen LogP contribution in [0.15, 0.2) is 40.2 Å². The van der Waals surface area contributed by atoms with Crippen LogP contribution in [0.2, 0.25) is 0 Å². The number of thioether (sulfide) groups is 1. The third kappa shape index (κ3) is 3.30. The number of hydrogen-bond donors (Lipinski definition) is 2. The molecule has 0 amide bonds. The fourth-order valence-corrected chi connectivity index (χ4v) is 3.16. The normalized spacial score (nSPS) is 10.4. The second kappa shape index (κ2) is 6.46. The van der Waals surface area contributed by atoms with E-state index in [9.17, 15) is 10.1 Å². The largest absolute Gasteiger partial charge is 0.316 e. The number of hydrogen-bond acceptors (Lipinski definition) is 6. The zero-order valence-corrected chi connectivity index (χ0v) is 13.0. The summed E-state index contributed by atoms with van der Waals surface area (Å²) in [6.45, 7) is 1.76. The Bertz CT molecular complexity index is 926. The van der Waals surface area contributed by atoms with Crippen molar-refractivity contribution in [2.45, 2.75) is 17.7 Å². The number of pyridine rings is 1. The third-order valence-electron chi connectivity index (χ3n) is 3.23. The Morgan fingerprint density at radius 1 is 1.35 bits per heavy atom. The molecule has 0 atom stereocenters. The molecule has 0 radical (unpaired) electrons. The Morgan fingerprint density at radius 3 is 2.96 bits per heavy atom. The van der Waals surface area contributed by atoms with Gasteiger partial charge in [-0.15, -0.1) is 22.0 Å². The number of H-pyrrole nitrogens is 2. The maximum Gasteiger partial charge on any atom is 0.249 e. The Balaban J connectivity index is 1.84. The van der Waals surface area contributed by atoms with Gasteiger partial charge in [0, 0.05) is 17.4 Å². The van der Waals surface area contributed by atoms with E-state index in [1.807, 2.05) is 24.3 Å². The summed E-state index contributed by atoms with van der Waals surface area (Å²) in [4.78, 5) is 14.3. The highest BCUT2D eigenvalue weighted by Crippen LogP contribution is 2.26. The summed E-state index contributed by atoms with van der Waals surface area (Å²) in [5.41, 5.74) is 2.87. The molecule has 23 heavy (non-hydrogen) atoms. The number of nitrogens with zero attached hydrogens (tertiary/aromatic N) is 4. The van der Waals surface area contributed by atoms with Crippen molar-refractivity contribution in [3.05, 3.63) is 57.4 Å². The van der Waals surface area contributed by atoms with E-state index >= 15 is 0 Å². The lowest BCUT2D eigenvalue weighted by Gasteiger charge is -2.06. The maximum absolute atomic E-state index is 11.6. The van der Waals surface area contributed by atoms with Crippen molar-refractivity contribution in [1.29, 1.82) is 5.26 Å². The van der Waals surface area contributed by atoms with Crippen LogP contribution in [0.1, 0.15) is 16.7 Å². The predicted molar refractivity (Wildman–Crippen MR) is 85.7 cm³/mol. The lowest BCUT2D eigenvalue weighted by atomic mass is 10.1. The maximum atomic E-state index is 11.6. The van der Waals surface area contributed by atoms with Gasteiger partial charge in [-0.25, -0.2) is 0 Å². The van der Waals surface area contributed by atoms with E-state index in [4.69, 9.17) is 0 Å². The first kappa shape index (κ1) is 15.0. The van der Waals surface area contributed by atoms with E-state index in [1.165, 1.54) is 17.8 Å². The molecular formula is C15H12N6OS. The summed E-state index contributed by atoms with van der Waals surface area (Å²) in [5.74, 6) is 1.14. The second-order valence-electron chi connectivity index (χ2n) is 4.86. The van der Waals surface area contributed by atoms with E-state index in [2.05, 4.69) is 31.7 Å². The molecule has 0 aliphatic heterocycles. The Morgan fingerprint density at radius 2 is 2.22 bits per heavy atom. The molecule has 3 rings (SSSR count). The monoisotopic (exact) mass is 324 g/mol. The summed E-state index contributed by atoms with van der Waals surface area (Å²) >= 11 is 1.42. The molecule has 1 aromatic carbocycles. The van der Waals surface area contributed by atoms with Crippen LogP contribution < -0.4 is 5.56 Å². The van der Waals surface area contributed by atoms with Gasteiger partial charge >= 0.3 is 0 Å². The molecule has 7 nitrogen and oxygen atoms in total. The van der Waals surface area contributed by atoms with Crippen molar-refractivity contribution in [2.24, 2.45) is 0 Å². The number of aromatic amines is 2. The molecule has 0 fully saturated rings. The zero-order valence-electron chi connectivity index (χ0n) is 12.2. The Kier molecular flexibility index (Phi) is 4.21. The lowest BCUT2D eigenvalue weighted by Crippen LogP contribution is -2.08. The molecule has 0 bridgehead atoms. The quantitative estimate of drug-likeness (QED) is 0.710. The SMILES string of the molecule is Cc1cc(=O)[nH]c(SCc2cccc(-c3nn[nH]n3)c2)c1C#N. The average Bonchev–Trinajstić information content (AvgIpc) is 3.07. The molecule has 2 N–H and O–H groups in total. The van der Waals surface area contributed by atoms with Gasteiger partial charge in [0.05, 0.1) is 10.6 Å². The van der Waals surface area contributed by atoms with Crippen LogP contribution in [-0.4, -0.2) is 25.6 Å². The topological polar surface area (TPSA) is 111 Å². The number of aryl methyl sites for hydroxylation is 1. The first-order valence-corrected chi connectivity index (χ1v) is 7.75. The van der Waals surface area contributed by atoms with Crippen LogP contribution in [0.3, 0.4) is 0 Å². The van der Waals surface area contributed by atoms with Gasteiger partial charge in [-0.2, -0.15) is 10.5 Å². The number of rotatable bonds is 4. The van der Waals surface area contributed by atoms with Crippen molar-refractivity contribution in [1.82, 2.24) is 25.6 Å². The fraction of sp³-hybridized carbons (Fsp3) is 0.133. The molecule has 0 aliphatic rings. The summed E-state index contributed by atoms with van der Waals surface area (Å²) in [5, 5.41) is 23.7. The van der Waals surface area contributed by atoms with Crippen LogP contribution in [-0.2, 0) is 5.75 Å². The fourth-order valence-electron chi connectivity index (χ4n) is 2.15. The minimum atomic E-state index is -0.204. The molecule has 8 heteroatoms. The molecule has 0 unspecified atom stereocenters. The van der Waals surface area contributed by atoms with Crippen LogP contribution in [0, 0.1) is 18.3 Å². The number of nitriles is 1. The highest BCUT2D eigenvalue weighted by Gasteiger charge is 2.09. The standard InChI is InChI=1S/C15H12N6OS/c1-9-5-13(22)17-15(12(9)7-16)23-8-10-3-2-4-11(6-10)14-18-20-21-19-14/h2-6H,8H2,1H3,(H,17,22)(H,18,19,20,21). The average molecular weight is 324 g/mol. The summed E-state index contributed by atoms with van der Waals surface area (Å²) in [7, 11) is 0. The summed E-state index contributed by atoms with van der Waals surface area (Å²) in [6.07, 6.45) is 0. The van der Waals surface area contributed by atoms with Gasteiger partial charge in [-0.1, -0.05) is 18.2 Å². The number of aromatic nitrogens is 5. The molecule has 0 saturated carbocycles. The molecule has 0 aliphatic carbocycles. The van der Waals surface area contributed by atoms with Gasteiger partial charge in [-0.05, 0) is 29.3 Å². The highest BCUT2D eigenvalue weighted by molar-refractivity contribution is 7.98. The Hall–Kier alpha value is -2.92. The van der Waals surface area contributed by atoms with E-state index in [0.29, 0.717) is 27.7 Å². The van der Waals surface area contributed by atoms with Crippen molar-refractivity contribution in [3.63, 3.8) is 0 Å². The number of tetrazole rings is 1. The van der Waals surface area contributed by atoms with Gasteiger partial charge in [0.15, 0.2) is 0 Å². The highest BCUT2D eigenvalue weighted by atomic mass is 32.2. The van der Waals surface area contributed by atoms with Gasteiger partial charge in [0.2, 0.25) is 11.4 Å². The van der Waals surface area contributed by atoms with E-state index in [-0.39, 0.29) is 5.56 Å². The van der Waals surface area contributed by atoms with Crippen molar-refractivity contribution in [3.8, 4) is 17.5 Å². The summed E-state index contributed by atoms with van der Waals surface area (Å²) < 4.78 is 0. The van der Waals surface area contributed by atoms with Crippen LogP contribution in [0.5, 0.6) is 0 Å². The molecular weight excluding hydrogens is 312 g/mol. The second-order valence-corrected chi connectivity index (χ2v) is 5.84. The molecule has 3 aromatic rings. The lowest BCUT2D eigenvalue weighted by molar-refractivity contribution is 0.881. The van der Waals surface area contributed by atoms with E-state index < -0.39 is 0 Å². The first-order chi connectivity index (χ1) is 11.2. The number of nitrogens with one attached hydrogen (secondary N) is 2. The van der Waals surface area contributed by atoms with Gasteiger partial charge in [0.1, 0.15) is 6.07 Å². The number of benzene rings is 1. The van der Waals surface area contributed by atoms with E-state index in [0.717, 1.165) is 11.1 Å². The first-order valence-electron chi connectivity index (χ1n) is 6.77. The smallest absolute Gasteiger partial charge is 0.249 e. The molecule has 2 heterocycles. The van der Waals surface area contributed by atoms with Crippen LogP contribution in [0.4, 0.5) is 0 Å². The predicted octanol–water partition coefficient (Wildman–Crippen LogP) is 2.03. The summed E-state index contributed by atoms with van der Waals surface area (Å²) in [6, 6.07) is 11.3. The van der Waals surface area contributed by atoms with Gasteiger partial charge in [-0.3, -0.25) is 4.79 Å². The van der Waals surface area contributed by atoms with E-state index in [1.54, 1.807) is 6.92 Å². The van der Waals surface area contributed by atoms with Crippen molar-refractivity contribution in [2.75, 3.05) is 0 Å². The van der Waals surface area contributed by atoms with Crippen molar-refractivity contribution < 1.29 is 0 Å². The minimum Gasteiger partial charge on any atom is -0.316 e. The minimum absolute atomic E-state index is 0.204. The zero-order chi connectivity index (χ0) is 16.2. The Labute approximate surface area is 135 Å². The van der Waals surface area contributed by atoms with Crippen molar-refractivity contribution >= 4 is 11.8 Å². The van der Waals surface area contributed by atoms with Gasteiger partial charge in [0.25, 0.3) is 0 Å². The van der Waals surface area contributed by atoms with Gasteiger partial charge < -0.3 is 4.98 Å². The van der Waals surface area contributed by atoms with Crippen LogP contribution >= 0.6 is 11.8 Å². The molecule has 2 aromatic heterocycles. The molecule has 0 saturated heterocycles. The molecule has 114 valence electrons. The van der Waals surface area contributed by atoms with Crippen LogP contribution in [0.25, 0.3) is 11.4 Å². The molecule has 0 spiro atoms.